The number of rotatable bonds is 6. The van der Waals surface area contributed by atoms with Crippen LogP contribution in [0.2, 0.25) is 0 Å². The zero-order valence-corrected chi connectivity index (χ0v) is 15.9. The molecule has 0 amide bonds. The molecule has 7 heteroatoms. The molecule has 0 aliphatic heterocycles. The molecule has 0 aliphatic carbocycles. The number of alkyl halides is 3. The lowest BCUT2D eigenvalue weighted by atomic mass is 9.97. The second-order valence-corrected chi connectivity index (χ2v) is 6.84. The van der Waals surface area contributed by atoms with E-state index < -0.39 is 24.6 Å². The van der Waals surface area contributed by atoms with Crippen molar-refractivity contribution in [3.63, 3.8) is 0 Å². The van der Waals surface area contributed by atoms with Crippen LogP contribution in [0.4, 0.5) is 18.9 Å². The third kappa shape index (κ3) is 5.76. The normalized spacial score (nSPS) is 12.5. The summed E-state index contributed by atoms with van der Waals surface area (Å²) >= 11 is 3.37. The first-order valence-electron chi connectivity index (χ1n) is 7.97. The molecule has 2 aromatic carbocycles. The van der Waals surface area contributed by atoms with Gasteiger partial charge in [0.15, 0.2) is 0 Å². The Morgan fingerprint density at radius 1 is 1.19 bits per heavy atom. The number of carbonyl (C=O) groups is 1. The maximum atomic E-state index is 12.7. The smallest absolute Gasteiger partial charge is 0.389 e. The molecule has 0 heterocycles. The Balaban J connectivity index is 2.24. The molecule has 26 heavy (non-hydrogen) atoms. The van der Waals surface area contributed by atoms with E-state index in [0.29, 0.717) is 11.3 Å². The summed E-state index contributed by atoms with van der Waals surface area (Å²) in [5.41, 5.74) is 2.71. The average molecular weight is 430 g/mol. The second kappa shape index (κ2) is 8.58. The lowest BCUT2D eigenvalue weighted by Crippen LogP contribution is -2.17. The van der Waals surface area contributed by atoms with Crippen LogP contribution in [0.1, 0.15) is 40.4 Å². The van der Waals surface area contributed by atoms with Gasteiger partial charge in [-0.15, -0.1) is 0 Å². The van der Waals surface area contributed by atoms with Gasteiger partial charge in [-0.05, 0) is 60.9 Å². The highest BCUT2D eigenvalue weighted by Gasteiger charge is 2.29. The van der Waals surface area contributed by atoms with Crippen LogP contribution in [-0.2, 0) is 4.74 Å². The van der Waals surface area contributed by atoms with Crippen molar-refractivity contribution >= 4 is 27.6 Å². The number of hydrogen-bond acceptors (Lipinski definition) is 3. The standard InChI is InChI=1S/C19H19BrF3NO2/c1-12-11-14(20)5-8-16(12)17(9-10-19(21,22)23)24-15-6-3-13(4-7-15)18(25)26-2/h3-8,11,17,24H,9-10H2,1-2H3. The lowest BCUT2D eigenvalue weighted by Gasteiger charge is -2.23. The third-order valence-electron chi connectivity index (χ3n) is 3.97. The number of halogens is 4. The molecule has 140 valence electrons. The highest BCUT2D eigenvalue weighted by Crippen LogP contribution is 2.32. The van der Waals surface area contributed by atoms with E-state index >= 15 is 0 Å². The van der Waals surface area contributed by atoms with Crippen molar-refractivity contribution in [2.24, 2.45) is 0 Å². The van der Waals surface area contributed by atoms with Crippen molar-refractivity contribution in [1.29, 1.82) is 0 Å². The molecule has 2 aromatic rings. The van der Waals surface area contributed by atoms with Crippen LogP contribution < -0.4 is 5.32 Å². The van der Waals surface area contributed by atoms with Crippen molar-refractivity contribution in [3.8, 4) is 0 Å². The number of ether oxygens (including phenoxy) is 1. The fourth-order valence-corrected chi connectivity index (χ4v) is 3.14. The molecule has 2 rings (SSSR count). The van der Waals surface area contributed by atoms with Gasteiger partial charge in [0.1, 0.15) is 0 Å². The van der Waals surface area contributed by atoms with Gasteiger partial charge in [-0.25, -0.2) is 4.79 Å². The number of methoxy groups -OCH3 is 1. The molecule has 0 aliphatic rings. The maximum absolute atomic E-state index is 12.7. The van der Waals surface area contributed by atoms with Crippen LogP contribution in [0.3, 0.4) is 0 Å². The molecule has 1 unspecified atom stereocenters. The van der Waals surface area contributed by atoms with E-state index in [1.165, 1.54) is 7.11 Å². The molecule has 0 aromatic heterocycles. The van der Waals surface area contributed by atoms with Gasteiger partial charge in [-0.3, -0.25) is 0 Å². The third-order valence-corrected chi connectivity index (χ3v) is 4.46. The molecule has 1 N–H and O–H groups in total. The van der Waals surface area contributed by atoms with Crippen molar-refractivity contribution in [3.05, 3.63) is 63.6 Å². The minimum absolute atomic E-state index is 0.0925. The van der Waals surface area contributed by atoms with Crippen molar-refractivity contribution in [1.82, 2.24) is 0 Å². The fourth-order valence-electron chi connectivity index (χ4n) is 2.67. The van der Waals surface area contributed by atoms with E-state index in [1.807, 2.05) is 25.1 Å². The SMILES string of the molecule is COC(=O)c1ccc(NC(CCC(F)(F)F)c2ccc(Br)cc2C)cc1. The molecule has 0 spiro atoms. The second-order valence-electron chi connectivity index (χ2n) is 5.92. The van der Waals surface area contributed by atoms with Crippen molar-refractivity contribution in [2.75, 3.05) is 12.4 Å². The summed E-state index contributed by atoms with van der Waals surface area (Å²) in [6, 6.07) is 11.4. The largest absolute Gasteiger partial charge is 0.465 e. The number of nitrogens with one attached hydrogen (secondary N) is 1. The average Bonchev–Trinajstić information content (AvgIpc) is 2.58. The highest BCUT2D eigenvalue weighted by molar-refractivity contribution is 9.10. The Kier molecular flexibility index (Phi) is 6.69. The molecule has 0 radical (unpaired) electrons. The van der Waals surface area contributed by atoms with Gasteiger partial charge in [-0.2, -0.15) is 13.2 Å². The molecule has 3 nitrogen and oxygen atoms in total. The minimum atomic E-state index is -4.22. The van der Waals surface area contributed by atoms with Gasteiger partial charge in [0.05, 0.1) is 18.7 Å². The van der Waals surface area contributed by atoms with Crippen molar-refractivity contribution in [2.45, 2.75) is 32.0 Å². The van der Waals surface area contributed by atoms with E-state index in [1.54, 1.807) is 24.3 Å². The van der Waals surface area contributed by atoms with Crippen molar-refractivity contribution < 1.29 is 22.7 Å². The Bertz CT molecular complexity index is 760. The maximum Gasteiger partial charge on any atom is 0.389 e. The lowest BCUT2D eigenvalue weighted by molar-refractivity contribution is -0.136. The minimum Gasteiger partial charge on any atom is -0.465 e. The Morgan fingerprint density at radius 3 is 2.38 bits per heavy atom. The first-order chi connectivity index (χ1) is 12.2. The first kappa shape index (κ1) is 20.3. The van der Waals surface area contributed by atoms with Crippen LogP contribution in [0, 0.1) is 6.92 Å². The molecular formula is C19H19BrF3NO2. The quantitative estimate of drug-likeness (QED) is 0.568. The van der Waals surface area contributed by atoms with Gasteiger partial charge in [-0.1, -0.05) is 22.0 Å². The predicted octanol–water partition coefficient (Wildman–Crippen LogP) is 6.04. The van der Waals surface area contributed by atoms with Gasteiger partial charge >= 0.3 is 12.1 Å². The summed E-state index contributed by atoms with van der Waals surface area (Å²) < 4.78 is 43.7. The Morgan fingerprint density at radius 2 is 1.85 bits per heavy atom. The molecule has 0 saturated heterocycles. The monoisotopic (exact) mass is 429 g/mol. The Labute approximate surface area is 158 Å². The summed E-state index contributed by atoms with van der Waals surface area (Å²) in [7, 11) is 1.29. The van der Waals surface area contributed by atoms with Gasteiger partial charge < -0.3 is 10.1 Å². The highest BCUT2D eigenvalue weighted by atomic mass is 79.9. The zero-order chi connectivity index (χ0) is 19.3. The van der Waals surface area contributed by atoms with E-state index in [0.717, 1.165) is 15.6 Å². The van der Waals surface area contributed by atoms with Crippen LogP contribution >= 0.6 is 15.9 Å². The van der Waals surface area contributed by atoms with Crippen LogP contribution in [0.5, 0.6) is 0 Å². The van der Waals surface area contributed by atoms with Gasteiger partial charge in [0, 0.05) is 16.6 Å². The van der Waals surface area contributed by atoms with E-state index in [2.05, 4.69) is 26.0 Å². The summed E-state index contributed by atoms with van der Waals surface area (Å²) in [5, 5.41) is 3.14. The molecule has 0 bridgehead atoms. The number of hydrogen-bond donors (Lipinski definition) is 1. The Hall–Kier alpha value is -2.02. The summed E-state index contributed by atoms with van der Waals surface area (Å²) in [6.45, 7) is 1.86. The van der Waals surface area contributed by atoms with E-state index in [9.17, 15) is 18.0 Å². The molecule has 1 atom stereocenters. The molecule has 0 fully saturated rings. The summed E-state index contributed by atoms with van der Waals surface area (Å²) in [6.07, 6.45) is -5.21. The van der Waals surface area contributed by atoms with Gasteiger partial charge in [0.2, 0.25) is 0 Å². The number of benzene rings is 2. The molecule has 0 saturated carbocycles. The summed E-state index contributed by atoms with van der Waals surface area (Å²) in [4.78, 5) is 11.5. The molecular weight excluding hydrogens is 411 g/mol. The van der Waals surface area contributed by atoms with E-state index in [-0.39, 0.29) is 6.42 Å². The topological polar surface area (TPSA) is 38.3 Å². The van der Waals surface area contributed by atoms with Crippen LogP contribution in [0.25, 0.3) is 0 Å². The van der Waals surface area contributed by atoms with Gasteiger partial charge in [0.25, 0.3) is 0 Å². The number of anilines is 1. The number of esters is 1. The zero-order valence-electron chi connectivity index (χ0n) is 14.4. The fraction of sp³-hybridized carbons (Fsp3) is 0.316. The van der Waals surface area contributed by atoms with Crippen LogP contribution in [-0.4, -0.2) is 19.3 Å². The number of aryl methyl sites for hydroxylation is 1. The first-order valence-corrected chi connectivity index (χ1v) is 8.76. The number of carbonyl (C=O) groups excluding carboxylic acids is 1. The van der Waals surface area contributed by atoms with Crippen LogP contribution in [0.15, 0.2) is 46.9 Å². The summed E-state index contributed by atoms with van der Waals surface area (Å²) in [5.74, 6) is -0.464. The predicted molar refractivity (Wildman–Crippen MR) is 98.3 cm³/mol. The van der Waals surface area contributed by atoms with E-state index in [4.69, 9.17) is 0 Å².